The van der Waals surface area contributed by atoms with Crippen LogP contribution in [0.5, 0.6) is 0 Å². The molecular formula is C15H19Cl3IN3OS. The zero-order valence-electron chi connectivity index (χ0n) is 13.0. The van der Waals surface area contributed by atoms with Crippen molar-refractivity contribution in [3.05, 3.63) is 27.8 Å². The molecule has 9 heteroatoms. The largest absolute Gasteiger partial charge is 0.339 e. The molecule has 3 N–H and O–H groups in total. The number of rotatable bonds is 7. The average Bonchev–Trinajstić information content (AvgIpc) is 2.48. The molecule has 0 aromatic heterocycles. The van der Waals surface area contributed by atoms with Crippen LogP contribution in [0.1, 0.15) is 32.6 Å². The van der Waals surface area contributed by atoms with Gasteiger partial charge in [-0.1, -0.05) is 66.7 Å². The van der Waals surface area contributed by atoms with Crippen molar-refractivity contribution in [3.8, 4) is 0 Å². The predicted octanol–water partition coefficient (Wildman–Crippen LogP) is 4.97. The van der Waals surface area contributed by atoms with Crippen LogP contribution in [0.3, 0.4) is 0 Å². The van der Waals surface area contributed by atoms with Gasteiger partial charge in [-0.2, -0.15) is 0 Å². The molecule has 24 heavy (non-hydrogen) atoms. The number of alkyl halides is 3. The van der Waals surface area contributed by atoms with Crippen molar-refractivity contribution in [3.63, 3.8) is 0 Å². The number of thiocarbonyl (C=S) groups is 1. The number of nitrogens with one attached hydrogen (secondary N) is 3. The summed E-state index contributed by atoms with van der Waals surface area (Å²) in [5.74, 6) is -0.190. The van der Waals surface area contributed by atoms with Gasteiger partial charge < -0.3 is 16.0 Å². The first-order chi connectivity index (χ1) is 11.2. The minimum atomic E-state index is -1.74. The normalized spacial score (nSPS) is 12.4. The number of hydrogen-bond acceptors (Lipinski definition) is 2. The molecule has 0 saturated carbocycles. The molecule has 0 fully saturated rings. The smallest absolute Gasteiger partial charge is 0.228 e. The van der Waals surface area contributed by atoms with E-state index in [1.807, 2.05) is 24.3 Å². The van der Waals surface area contributed by atoms with Gasteiger partial charge in [-0.15, -0.1) is 0 Å². The SMILES string of the molecule is CCCCCC(=O)N[C@H](NC(=S)Nc1ccccc1I)C(Cl)(Cl)Cl. The van der Waals surface area contributed by atoms with Crippen molar-refractivity contribution < 1.29 is 4.79 Å². The summed E-state index contributed by atoms with van der Waals surface area (Å²) in [4.78, 5) is 12.0. The number of hydrogen-bond donors (Lipinski definition) is 3. The lowest BCUT2D eigenvalue weighted by molar-refractivity contribution is -0.122. The maximum Gasteiger partial charge on any atom is 0.228 e. The van der Waals surface area contributed by atoms with Gasteiger partial charge in [0, 0.05) is 9.99 Å². The van der Waals surface area contributed by atoms with Crippen LogP contribution >= 0.6 is 69.6 Å². The van der Waals surface area contributed by atoms with Gasteiger partial charge in [0.15, 0.2) is 5.11 Å². The van der Waals surface area contributed by atoms with Crippen molar-refractivity contribution in [1.29, 1.82) is 0 Å². The van der Waals surface area contributed by atoms with Crippen LogP contribution in [-0.2, 0) is 4.79 Å². The second-order valence-corrected chi connectivity index (χ2v) is 9.02. The van der Waals surface area contributed by atoms with Crippen molar-refractivity contribution >= 4 is 86.3 Å². The fourth-order valence-corrected chi connectivity index (χ4v) is 2.90. The minimum Gasteiger partial charge on any atom is -0.339 e. The lowest BCUT2D eigenvalue weighted by Gasteiger charge is -2.28. The van der Waals surface area contributed by atoms with E-state index >= 15 is 0 Å². The Balaban J connectivity index is 2.64. The van der Waals surface area contributed by atoms with Crippen molar-refractivity contribution in [1.82, 2.24) is 10.6 Å². The van der Waals surface area contributed by atoms with Crippen molar-refractivity contribution in [2.24, 2.45) is 0 Å². The molecule has 0 bridgehead atoms. The molecule has 4 nitrogen and oxygen atoms in total. The summed E-state index contributed by atoms with van der Waals surface area (Å²) in [6.07, 6.45) is 2.25. The first-order valence-electron chi connectivity index (χ1n) is 7.42. The minimum absolute atomic E-state index is 0.190. The molecule has 1 amide bonds. The van der Waals surface area contributed by atoms with Crippen LogP contribution in [0, 0.1) is 3.57 Å². The van der Waals surface area contributed by atoms with E-state index in [1.54, 1.807) is 0 Å². The Morgan fingerprint density at radius 3 is 2.50 bits per heavy atom. The van der Waals surface area contributed by atoms with Crippen molar-refractivity contribution in [2.75, 3.05) is 5.32 Å². The molecule has 0 aliphatic heterocycles. The lowest BCUT2D eigenvalue weighted by Crippen LogP contribution is -2.56. The number of anilines is 1. The van der Waals surface area contributed by atoms with Gasteiger partial charge in [0.05, 0.1) is 5.69 Å². The summed E-state index contributed by atoms with van der Waals surface area (Å²) in [7, 11) is 0. The maximum atomic E-state index is 12.0. The number of benzene rings is 1. The van der Waals surface area contributed by atoms with Gasteiger partial charge in [0.25, 0.3) is 0 Å². The zero-order valence-corrected chi connectivity index (χ0v) is 18.3. The van der Waals surface area contributed by atoms with E-state index in [9.17, 15) is 4.79 Å². The Kier molecular flexibility index (Phi) is 9.96. The number of amides is 1. The van der Waals surface area contributed by atoms with E-state index in [0.717, 1.165) is 28.5 Å². The number of para-hydroxylation sites is 1. The summed E-state index contributed by atoms with van der Waals surface area (Å²) in [5, 5.41) is 8.79. The third kappa shape index (κ3) is 8.38. The highest BCUT2D eigenvalue weighted by Crippen LogP contribution is 2.29. The third-order valence-electron chi connectivity index (χ3n) is 3.04. The summed E-state index contributed by atoms with van der Waals surface area (Å²) in [6.45, 7) is 2.07. The summed E-state index contributed by atoms with van der Waals surface area (Å²) >= 11 is 25.3. The third-order valence-corrected chi connectivity index (χ3v) is 4.85. The van der Waals surface area contributed by atoms with Crippen LogP contribution < -0.4 is 16.0 Å². The Labute approximate surface area is 176 Å². The second-order valence-electron chi connectivity index (χ2n) is 5.08. The van der Waals surface area contributed by atoms with Crippen LogP contribution in [0.4, 0.5) is 5.69 Å². The second kappa shape index (κ2) is 10.9. The molecule has 0 radical (unpaired) electrons. The predicted molar refractivity (Wildman–Crippen MR) is 115 cm³/mol. The molecule has 1 aromatic carbocycles. The van der Waals surface area contributed by atoms with Crippen LogP contribution in [0.15, 0.2) is 24.3 Å². The summed E-state index contributed by atoms with van der Waals surface area (Å²) in [6, 6.07) is 7.62. The lowest BCUT2D eigenvalue weighted by atomic mass is 10.2. The molecule has 1 rings (SSSR count). The first kappa shape index (κ1) is 22.0. The van der Waals surface area contributed by atoms with E-state index in [4.69, 9.17) is 47.0 Å². The molecule has 0 spiro atoms. The first-order valence-corrected chi connectivity index (χ1v) is 10.0. The maximum absolute atomic E-state index is 12.0. The number of halogens is 4. The molecule has 1 atom stereocenters. The topological polar surface area (TPSA) is 53.2 Å². The molecule has 134 valence electrons. The van der Waals surface area contributed by atoms with Gasteiger partial charge in [-0.05, 0) is 53.4 Å². The van der Waals surface area contributed by atoms with Crippen LogP contribution in [0.2, 0.25) is 0 Å². The monoisotopic (exact) mass is 521 g/mol. The highest BCUT2D eigenvalue weighted by molar-refractivity contribution is 14.1. The van der Waals surface area contributed by atoms with E-state index in [1.165, 1.54) is 0 Å². The highest BCUT2D eigenvalue weighted by Gasteiger charge is 2.34. The van der Waals surface area contributed by atoms with Gasteiger partial charge in [0.1, 0.15) is 6.17 Å². The number of unbranched alkanes of at least 4 members (excludes halogenated alkanes) is 2. The number of carbonyl (C=O) groups excluding carboxylic acids is 1. The van der Waals surface area contributed by atoms with Gasteiger partial charge in [-0.3, -0.25) is 4.79 Å². The molecular weight excluding hydrogens is 504 g/mol. The molecule has 0 aliphatic carbocycles. The molecule has 0 heterocycles. The average molecular weight is 523 g/mol. The van der Waals surface area contributed by atoms with E-state index in [0.29, 0.717) is 6.42 Å². The van der Waals surface area contributed by atoms with Gasteiger partial charge in [0.2, 0.25) is 9.70 Å². The molecule has 0 aliphatic rings. The standard InChI is InChI=1S/C15H19Cl3IN3OS/c1-2-3-4-9-12(23)21-13(15(16,17)18)22-14(24)20-11-8-6-5-7-10(11)19/h5-8,13H,2-4,9H2,1H3,(H,21,23)(H2,20,22,24)/t13-/m1/s1. The Morgan fingerprint density at radius 1 is 1.25 bits per heavy atom. The van der Waals surface area contributed by atoms with Crippen LogP contribution in [-0.4, -0.2) is 21.0 Å². The van der Waals surface area contributed by atoms with Gasteiger partial charge in [-0.25, -0.2) is 0 Å². The molecule has 0 unspecified atom stereocenters. The number of carbonyl (C=O) groups is 1. The summed E-state index contributed by atoms with van der Waals surface area (Å²) in [5.41, 5.74) is 0.827. The van der Waals surface area contributed by atoms with Gasteiger partial charge >= 0.3 is 0 Å². The van der Waals surface area contributed by atoms with E-state index in [-0.39, 0.29) is 11.0 Å². The molecule has 0 saturated heterocycles. The van der Waals surface area contributed by atoms with E-state index in [2.05, 4.69) is 45.5 Å². The Morgan fingerprint density at radius 2 is 1.92 bits per heavy atom. The molecule has 1 aromatic rings. The van der Waals surface area contributed by atoms with Crippen molar-refractivity contribution in [2.45, 2.75) is 42.6 Å². The fourth-order valence-electron chi connectivity index (χ4n) is 1.82. The van der Waals surface area contributed by atoms with E-state index < -0.39 is 9.96 Å². The summed E-state index contributed by atoms with van der Waals surface area (Å²) < 4.78 is -0.746. The van der Waals surface area contributed by atoms with Crippen LogP contribution in [0.25, 0.3) is 0 Å². The zero-order chi connectivity index (χ0) is 18.2. The quantitative estimate of drug-likeness (QED) is 0.156. The fraction of sp³-hybridized carbons (Fsp3) is 0.467. The highest BCUT2D eigenvalue weighted by atomic mass is 127. The Bertz CT molecular complexity index is 569. The Hall–Kier alpha value is -0.0200.